The second-order valence-corrected chi connectivity index (χ2v) is 18.4. The molecule has 0 bridgehead atoms. The fraction of sp³-hybridized carbons (Fsp3) is 0.0149. The zero-order valence-corrected chi connectivity index (χ0v) is 38.6. The largest absolute Gasteiger partial charge is 0.457 e. The Labute approximate surface area is 412 Å². The summed E-state index contributed by atoms with van der Waals surface area (Å²) in [5.74, 6) is 1.72. The van der Waals surface area contributed by atoms with E-state index in [2.05, 4.69) is 277 Å². The van der Waals surface area contributed by atoms with Gasteiger partial charge < -0.3 is 19.0 Å². The first kappa shape index (κ1) is 40.7. The quantitative estimate of drug-likeness (QED) is 0.152. The molecule has 334 valence electrons. The zero-order valence-electron chi connectivity index (χ0n) is 38.6. The number of rotatable bonds is 8. The predicted octanol–water partition coefficient (Wildman–Crippen LogP) is 18.3. The van der Waals surface area contributed by atoms with E-state index >= 15 is 0 Å². The normalized spacial score (nSPS) is 12.7. The third-order valence-electron chi connectivity index (χ3n) is 14.5. The molecule has 2 heterocycles. The van der Waals surface area contributed by atoms with Crippen molar-refractivity contribution in [3.63, 3.8) is 0 Å². The van der Waals surface area contributed by atoms with E-state index in [9.17, 15) is 0 Å². The van der Waals surface area contributed by atoms with Crippen molar-refractivity contribution in [2.24, 2.45) is 0 Å². The Morgan fingerprint density at radius 2 is 0.789 bits per heavy atom. The number of furan rings is 1. The maximum atomic E-state index is 6.97. The van der Waals surface area contributed by atoms with Crippen LogP contribution >= 0.6 is 0 Å². The number of para-hydroxylation sites is 2. The number of hydrogen-bond acceptors (Lipinski definition) is 4. The first-order valence-electron chi connectivity index (χ1n) is 24.2. The highest BCUT2D eigenvalue weighted by atomic mass is 16.5. The lowest BCUT2D eigenvalue weighted by atomic mass is 9.66. The van der Waals surface area contributed by atoms with Crippen molar-refractivity contribution >= 4 is 56.1 Å². The summed E-state index contributed by atoms with van der Waals surface area (Å²) in [7, 11) is 0. The minimum atomic E-state index is -0.595. The highest BCUT2D eigenvalue weighted by Crippen LogP contribution is 2.62. The van der Waals surface area contributed by atoms with E-state index in [0.717, 1.165) is 89.8 Å². The van der Waals surface area contributed by atoms with Gasteiger partial charge in [-0.2, -0.15) is 0 Å². The Bertz CT molecular complexity index is 3860. The van der Waals surface area contributed by atoms with Crippen LogP contribution in [0.4, 0.5) is 34.1 Å². The average Bonchev–Trinajstić information content (AvgIpc) is 3.96. The predicted molar refractivity (Wildman–Crippen MR) is 291 cm³/mol. The van der Waals surface area contributed by atoms with Crippen molar-refractivity contribution in [3.8, 4) is 44.9 Å². The Balaban J connectivity index is 0.947. The molecule has 0 N–H and O–H groups in total. The molecule has 4 heteroatoms. The van der Waals surface area contributed by atoms with Gasteiger partial charge in [0, 0.05) is 51.0 Å². The third-order valence-corrected chi connectivity index (χ3v) is 14.5. The molecule has 0 fully saturated rings. The fourth-order valence-electron chi connectivity index (χ4n) is 11.5. The smallest absolute Gasteiger partial charge is 0.137 e. The molecule has 0 saturated carbocycles. The van der Waals surface area contributed by atoms with E-state index in [4.69, 9.17) is 9.15 Å². The summed E-state index contributed by atoms with van der Waals surface area (Å²) < 4.78 is 13.8. The van der Waals surface area contributed by atoms with Gasteiger partial charge in [0.25, 0.3) is 0 Å². The summed E-state index contributed by atoms with van der Waals surface area (Å²) in [5.41, 5.74) is 19.0. The summed E-state index contributed by atoms with van der Waals surface area (Å²) >= 11 is 0. The van der Waals surface area contributed by atoms with Gasteiger partial charge in [-0.1, -0.05) is 176 Å². The van der Waals surface area contributed by atoms with Crippen LogP contribution in [0.25, 0.3) is 55.3 Å². The van der Waals surface area contributed by atoms with Crippen molar-refractivity contribution in [1.29, 1.82) is 0 Å². The SMILES string of the molecule is c1ccc(-c2cccc(N(c3cccc(-c4ccccc4)c3)c3cccc4oc5cc(N(c6ccccc6)c6ccc7c(c6)C6(c8ccccc8O7)c7ccccc7-c7ccccc76)ccc5c34)c2)cc1. The molecule has 0 saturated heterocycles. The minimum absolute atomic E-state index is 0.595. The lowest BCUT2D eigenvalue weighted by molar-refractivity contribution is 0.436. The maximum Gasteiger partial charge on any atom is 0.137 e. The van der Waals surface area contributed by atoms with Crippen molar-refractivity contribution in [2.75, 3.05) is 9.80 Å². The molecule has 1 spiro atoms. The zero-order chi connectivity index (χ0) is 46.9. The molecule has 2 aliphatic rings. The number of fused-ring (bicyclic) bond motifs is 12. The van der Waals surface area contributed by atoms with Crippen LogP contribution in [0.5, 0.6) is 11.5 Å². The van der Waals surface area contributed by atoms with Crippen molar-refractivity contribution < 1.29 is 9.15 Å². The van der Waals surface area contributed by atoms with Gasteiger partial charge in [-0.3, -0.25) is 0 Å². The molecule has 0 atom stereocenters. The van der Waals surface area contributed by atoms with Crippen LogP contribution in [-0.4, -0.2) is 0 Å². The number of anilines is 6. The van der Waals surface area contributed by atoms with Crippen LogP contribution in [0.2, 0.25) is 0 Å². The molecule has 0 radical (unpaired) electrons. The lowest BCUT2D eigenvalue weighted by Gasteiger charge is -2.40. The molecule has 11 aromatic carbocycles. The monoisotopic (exact) mass is 908 g/mol. The minimum Gasteiger partial charge on any atom is -0.457 e. The van der Waals surface area contributed by atoms with Gasteiger partial charge in [0.15, 0.2) is 0 Å². The van der Waals surface area contributed by atoms with Crippen LogP contribution in [0, 0.1) is 0 Å². The molecule has 1 aliphatic carbocycles. The molecule has 0 unspecified atom stereocenters. The summed E-state index contributed by atoms with van der Waals surface area (Å²) in [6.45, 7) is 0. The molecule has 1 aliphatic heterocycles. The fourth-order valence-corrected chi connectivity index (χ4v) is 11.5. The topological polar surface area (TPSA) is 28.9 Å². The molecule has 71 heavy (non-hydrogen) atoms. The average molecular weight is 909 g/mol. The molecular weight excluding hydrogens is 865 g/mol. The Morgan fingerprint density at radius 1 is 0.296 bits per heavy atom. The Morgan fingerprint density at radius 3 is 1.45 bits per heavy atom. The van der Waals surface area contributed by atoms with Crippen molar-refractivity contribution in [1.82, 2.24) is 0 Å². The molecule has 1 aromatic heterocycles. The van der Waals surface area contributed by atoms with Gasteiger partial charge in [-0.05, 0) is 129 Å². The number of ether oxygens (including phenoxy) is 1. The van der Waals surface area contributed by atoms with E-state index in [1.54, 1.807) is 0 Å². The molecule has 14 rings (SSSR count). The van der Waals surface area contributed by atoms with Crippen LogP contribution in [0.1, 0.15) is 22.3 Å². The molecule has 0 amide bonds. The van der Waals surface area contributed by atoms with Gasteiger partial charge in [0.05, 0.1) is 16.5 Å². The van der Waals surface area contributed by atoms with E-state index in [0.29, 0.717) is 0 Å². The number of nitrogens with zero attached hydrogens (tertiary/aromatic N) is 2. The van der Waals surface area contributed by atoms with E-state index in [1.165, 1.54) is 33.4 Å². The highest BCUT2D eigenvalue weighted by Gasteiger charge is 2.51. The Hall–Kier alpha value is -9.38. The van der Waals surface area contributed by atoms with Gasteiger partial charge in [0.2, 0.25) is 0 Å². The summed E-state index contributed by atoms with van der Waals surface area (Å²) in [6, 6.07) is 95.5. The van der Waals surface area contributed by atoms with Crippen LogP contribution in [-0.2, 0) is 5.41 Å². The first-order chi connectivity index (χ1) is 35.2. The van der Waals surface area contributed by atoms with Gasteiger partial charge >= 0.3 is 0 Å². The number of benzene rings is 11. The van der Waals surface area contributed by atoms with E-state index < -0.39 is 5.41 Å². The standard InChI is InChI=1S/C67H44N2O2/c1-4-19-45(20-5-1)47-23-16-27-50(41-47)69(51-28-17-24-48(42-51)46-21-6-2-7-22-46)61-34-18-36-64-66(61)56-39-37-53(44-65(56)71-64)68(49-25-8-3-9-26-49)52-38-40-63-60(43-52)67(59-33-14-15-35-62(59)70-63)57-31-12-10-29-54(57)55-30-11-13-32-58(55)67/h1-44H. The van der Waals surface area contributed by atoms with E-state index in [1.807, 2.05) is 0 Å². The molecule has 4 nitrogen and oxygen atoms in total. The van der Waals surface area contributed by atoms with Crippen LogP contribution < -0.4 is 14.5 Å². The second kappa shape index (κ2) is 16.4. The van der Waals surface area contributed by atoms with Crippen molar-refractivity contribution in [3.05, 3.63) is 289 Å². The van der Waals surface area contributed by atoms with E-state index in [-0.39, 0.29) is 0 Å². The molecule has 12 aromatic rings. The number of hydrogen-bond donors (Lipinski definition) is 0. The third kappa shape index (κ3) is 6.46. The van der Waals surface area contributed by atoms with Gasteiger partial charge in [0.1, 0.15) is 22.7 Å². The summed E-state index contributed by atoms with van der Waals surface area (Å²) in [5, 5.41) is 2.07. The first-order valence-corrected chi connectivity index (χ1v) is 24.2. The van der Waals surface area contributed by atoms with Crippen LogP contribution in [0.15, 0.2) is 271 Å². The van der Waals surface area contributed by atoms with Crippen LogP contribution in [0.3, 0.4) is 0 Å². The second-order valence-electron chi connectivity index (χ2n) is 18.4. The highest BCUT2D eigenvalue weighted by molar-refractivity contribution is 6.14. The summed E-state index contributed by atoms with van der Waals surface area (Å²) in [6.07, 6.45) is 0. The van der Waals surface area contributed by atoms with Gasteiger partial charge in [-0.25, -0.2) is 0 Å². The van der Waals surface area contributed by atoms with Crippen molar-refractivity contribution in [2.45, 2.75) is 5.41 Å². The van der Waals surface area contributed by atoms with Gasteiger partial charge in [-0.15, -0.1) is 0 Å². The molecular formula is C67H44N2O2. The summed E-state index contributed by atoms with van der Waals surface area (Å²) in [4.78, 5) is 4.72. The lowest BCUT2D eigenvalue weighted by Crippen LogP contribution is -2.32. The Kier molecular flexibility index (Phi) is 9.39. The maximum absolute atomic E-state index is 6.97.